The third-order valence-corrected chi connectivity index (χ3v) is 13.2. The van der Waals surface area contributed by atoms with Gasteiger partial charge in [-0.1, -0.05) is 76.6 Å². The minimum Gasteiger partial charge on any atom is -0.508 e. The van der Waals surface area contributed by atoms with Gasteiger partial charge in [0, 0.05) is 25.1 Å². The Hall–Kier alpha value is -7.36. The number of aliphatic hydroxyl groups excluding tert-OH is 2. The largest absolute Gasteiger partial charge is 0.508 e. The van der Waals surface area contributed by atoms with Gasteiger partial charge in [-0.3, -0.25) is 47.9 Å². The smallest absolute Gasteiger partial charge is 0.328 e. The van der Waals surface area contributed by atoms with E-state index in [-0.39, 0.29) is 56.1 Å². The van der Waals surface area contributed by atoms with Crippen LogP contribution < -0.4 is 54.0 Å². The van der Waals surface area contributed by atoms with Crippen LogP contribution in [0.1, 0.15) is 77.8 Å². The fraction of sp³-hybridized carbons (Fsp3) is 0.549. The fourth-order valence-corrected chi connectivity index (χ4v) is 8.43. The van der Waals surface area contributed by atoms with Crippen molar-refractivity contribution in [2.45, 2.75) is 140 Å². The maximum absolute atomic E-state index is 14.5. The summed E-state index contributed by atoms with van der Waals surface area (Å²) >= 11 is 4.16. The number of aliphatic carboxylic acids is 1. The molecule has 0 radical (unpaired) electrons. The molecule has 0 spiro atoms. The van der Waals surface area contributed by atoms with E-state index in [1.807, 2.05) is 0 Å². The molecule has 2 aromatic rings. The molecule has 0 aromatic heterocycles. The molecule has 11 atom stereocenters. The molecular formula is C51H75N11O15S. The van der Waals surface area contributed by atoms with Crippen molar-refractivity contribution < 1.29 is 73.2 Å². The highest BCUT2D eigenvalue weighted by Gasteiger charge is 2.41. The Morgan fingerprint density at radius 1 is 0.692 bits per heavy atom. The van der Waals surface area contributed by atoms with Crippen LogP contribution in [0.15, 0.2) is 54.6 Å². The molecule has 3 rings (SSSR count). The van der Waals surface area contributed by atoms with Crippen LogP contribution in [0, 0.1) is 11.8 Å². The van der Waals surface area contributed by atoms with Gasteiger partial charge in [0.15, 0.2) is 0 Å². The monoisotopic (exact) mass is 1110 g/mol. The fourth-order valence-electron chi connectivity index (χ4n) is 8.18. The van der Waals surface area contributed by atoms with Crippen LogP contribution in [0.2, 0.25) is 0 Å². The summed E-state index contributed by atoms with van der Waals surface area (Å²) in [5, 5.41) is 58.1. The number of thiol groups is 1. The number of nitrogens with one attached hydrogen (secondary N) is 8. The van der Waals surface area contributed by atoms with Crippen LogP contribution in [-0.4, -0.2) is 176 Å². The number of carboxylic acid groups (broad SMARTS) is 1. The lowest BCUT2D eigenvalue weighted by atomic mass is 9.96. The number of aromatic hydroxyl groups is 1. The zero-order valence-corrected chi connectivity index (χ0v) is 45.1. The van der Waals surface area contributed by atoms with E-state index < -0.39 is 151 Å². The molecule has 27 heteroatoms. The van der Waals surface area contributed by atoms with Gasteiger partial charge in [-0.25, -0.2) is 4.79 Å². The van der Waals surface area contributed by atoms with Crippen molar-refractivity contribution >= 4 is 77.7 Å². The number of hydrogen-bond acceptors (Lipinski definition) is 16. The molecule has 10 amide bonds. The van der Waals surface area contributed by atoms with E-state index in [0.29, 0.717) is 17.5 Å². The molecule has 0 aliphatic carbocycles. The number of rotatable bonds is 31. The molecule has 0 bridgehead atoms. The van der Waals surface area contributed by atoms with Crippen molar-refractivity contribution in [1.29, 1.82) is 0 Å². The summed E-state index contributed by atoms with van der Waals surface area (Å²) in [6.07, 6.45) is -1.62. The second-order valence-electron chi connectivity index (χ2n) is 19.5. The first-order valence-electron chi connectivity index (χ1n) is 25.5. The summed E-state index contributed by atoms with van der Waals surface area (Å²) < 4.78 is 0. The van der Waals surface area contributed by atoms with Gasteiger partial charge in [-0.2, -0.15) is 12.6 Å². The predicted octanol–water partition coefficient (Wildman–Crippen LogP) is -3.64. The Morgan fingerprint density at radius 3 is 1.79 bits per heavy atom. The number of phenols is 1. The molecule has 1 fully saturated rings. The van der Waals surface area contributed by atoms with Gasteiger partial charge in [0.25, 0.3) is 0 Å². The van der Waals surface area contributed by atoms with Crippen molar-refractivity contribution in [2.24, 2.45) is 23.3 Å². The van der Waals surface area contributed by atoms with Crippen LogP contribution in [0.4, 0.5) is 0 Å². The molecule has 16 N–H and O–H groups in total. The number of aliphatic hydroxyl groups is 2. The molecule has 1 aliphatic rings. The molecule has 26 nitrogen and oxygen atoms in total. The zero-order chi connectivity index (χ0) is 58.4. The Morgan fingerprint density at radius 2 is 1.24 bits per heavy atom. The van der Waals surface area contributed by atoms with Gasteiger partial charge < -0.3 is 79.3 Å². The number of carboxylic acids is 1. The molecule has 1 saturated heterocycles. The van der Waals surface area contributed by atoms with E-state index in [1.165, 1.54) is 31.2 Å². The highest BCUT2D eigenvalue weighted by molar-refractivity contribution is 7.80. The van der Waals surface area contributed by atoms with E-state index in [1.54, 1.807) is 58.0 Å². The number of primary amides is 1. The number of phenolic OH excluding ortho intramolecular Hbond substituents is 1. The van der Waals surface area contributed by atoms with Gasteiger partial charge in [-0.15, -0.1) is 0 Å². The summed E-state index contributed by atoms with van der Waals surface area (Å²) in [6.45, 7) is 6.56. The summed E-state index contributed by atoms with van der Waals surface area (Å²) in [6, 6.07) is 1.38. The summed E-state index contributed by atoms with van der Waals surface area (Å²) in [5.74, 6) is -11.5. The molecule has 0 saturated carbocycles. The van der Waals surface area contributed by atoms with E-state index in [4.69, 9.17) is 11.5 Å². The Bertz CT molecular complexity index is 2420. The third kappa shape index (κ3) is 20.5. The molecule has 78 heavy (non-hydrogen) atoms. The standard InChI is InChI=1S/C51H75N11O15S/c1-6-27(4)42(61-46(71)37(25-78)60-48(73)41(53)28(5)64)49(74)58-34(21-30-14-16-31(65)17-15-30)45(70)59-35(22-39(52)66)50(75)62-18-10-13-38(62)47(72)57-32(19-26(2)3)44(69)56-33(20-29-11-8-7-9-12-29)43(68)54-23-40(67)55-36(24-63)51(76)77/h7-9,11-12,14-17,26-28,32-38,41-42,63-65,78H,6,10,13,18-25,53H2,1-5H3,(H2,52,66)(H,54,68)(H,55,67)(H,56,69)(H,57,72)(H,58,74)(H,59,70)(H,60,73)(H,61,71)(H,76,77)/t27-,28+,32-,33-,34-,35-,36-,37-,38-,41-,42-/m0/s1. The molecule has 2 aromatic carbocycles. The minimum atomic E-state index is -1.70. The van der Waals surface area contributed by atoms with Crippen LogP contribution in [0.25, 0.3) is 0 Å². The maximum Gasteiger partial charge on any atom is 0.328 e. The molecule has 0 unspecified atom stereocenters. The number of nitrogens with zero attached hydrogens (tertiary/aromatic N) is 1. The minimum absolute atomic E-state index is 0.0375. The van der Waals surface area contributed by atoms with E-state index in [0.717, 1.165) is 4.90 Å². The second-order valence-corrected chi connectivity index (χ2v) is 19.9. The van der Waals surface area contributed by atoms with Gasteiger partial charge in [0.2, 0.25) is 59.1 Å². The second kappa shape index (κ2) is 31.8. The SMILES string of the molecule is CC[C@H](C)[C@H](NC(=O)[C@H](CS)NC(=O)[C@@H](N)[C@@H](C)O)C(=O)N[C@@H](Cc1ccc(O)cc1)C(=O)N[C@@H](CC(N)=O)C(=O)N1CCC[C@H]1C(=O)N[C@@H](CC(C)C)C(=O)N[C@@H](Cc1ccccc1)C(=O)NCC(=O)N[C@@H](CO)C(=O)O. The number of benzene rings is 2. The van der Waals surface area contributed by atoms with Crippen LogP contribution in [0.5, 0.6) is 5.75 Å². The normalized spacial score (nSPS) is 16.9. The molecule has 1 aliphatic heterocycles. The van der Waals surface area contributed by atoms with Gasteiger partial charge >= 0.3 is 5.97 Å². The van der Waals surface area contributed by atoms with Gasteiger partial charge in [0.1, 0.15) is 60.1 Å². The zero-order valence-electron chi connectivity index (χ0n) is 44.2. The van der Waals surface area contributed by atoms with Gasteiger partial charge in [-0.05, 0) is 61.3 Å². The lowest BCUT2D eigenvalue weighted by Gasteiger charge is -2.31. The molecule has 430 valence electrons. The number of hydrogen-bond donors (Lipinski definition) is 15. The van der Waals surface area contributed by atoms with E-state index in [2.05, 4.69) is 55.2 Å². The number of amides is 10. The number of likely N-dealkylation sites (tertiary alicyclic amines) is 1. The first kappa shape index (κ1) is 64.9. The van der Waals surface area contributed by atoms with Crippen molar-refractivity contribution in [2.75, 3.05) is 25.4 Å². The number of carbonyl (C=O) groups is 11. The molecular weight excluding hydrogens is 1040 g/mol. The average molecular weight is 1110 g/mol. The summed E-state index contributed by atoms with van der Waals surface area (Å²) in [5.41, 5.74) is 12.4. The Balaban J connectivity index is 1.89. The van der Waals surface area contributed by atoms with E-state index >= 15 is 0 Å². The van der Waals surface area contributed by atoms with Crippen LogP contribution >= 0.6 is 12.6 Å². The van der Waals surface area contributed by atoms with Crippen molar-refractivity contribution in [3.8, 4) is 5.75 Å². The van der Waals surface area contributed by atoms with Crippen molar-refractivity contribution in [3.63, 3.8) is 0 Å². The third-order valence-electron chi connectivity index (χ3n) is 12.8. The molecule has 1 heterocycles. The maximum atomic E-state index is 14.5. The summed E-state index contributed by atoms with van der Waals surface area (Å²) in [7, 11) is 0. The van der Waals surface area contributed by atoms with Gasteiger partial charge in [0.05, 0.1) is 25.7 Å². The van der Waals surface area contributed by atoms with Crippen LogP contribution in [0.3, 0.4) is 0 Å². The number of nitrogens with two attached hydrogens (primary N) is 2. The topological polar surface area (TPSA) is 420 Å². The van der Waals surface area contributed by atoms with Crippen molar-refractivity contribution in [3.05, 3.63) is 65.7 Å². The quantitative estimate of drug-likeness (QED) is 0.0324. The lowest BCUT2D eigenvalue weighted by Crippen LogP contribution is -2.62. The average Bonchev–Trinajstić information content (AvgIpc) is 3.90. The van der Waals surface area contributed by atoms with E-state index in [9.17, 15) is 73.2 Å². The Kier molecular flexibility index (Phi) is 26.4. The predicted molar refractivity (Wildman–Crippen MR) is 284 cm³/mol. The lowest BCUT2D eigenvalue weighted by molar-refractivity contribution is -0.143. The summed E-state index contributed by atoms with van der Waals surface area (Å²) in [4.78, 5) is 149. The number of carbonyl (C=O) groups excluding carboxylic acids is 10. The Labute approximate surface area is 457 Å². The van der Waals surface area contributed by atoms with Crippen molar-refractivity contribution in [1.82, 2.24) is 47.4 Å². The van der Waals surface area contributed by atoms with Crippen LogP contribution in [-0.2, 0) is 65.6 Å². The highest BCUT2D eigenvalue weighted by atomic mass is 32.1. The highest BCUT2D eigenvalue weighted by Crippen LogP contribution is 2.21. The first-order chi connectivity index (χ1) is 36.8. The first-order valence-corrected chi connectivity index (χ1v) is 26.1.